The maximum atomic E-state index is 11.6. The number of ether oxygens (including phenoxy) is 1. The van der Waals surface area contributed by atoms with Crippen LogP contribution in [-0.4, -0.2) is 46.1 Å². The van der Waals surface area contributed by atoms with Crippen molar-refractivity contribution in [2.75, 3.05) is 7.11 Å². The molecule has 1 rings (SSSR count). The largest absolute Gasteiger partial charge is 0.480 e. The third-order valence-corrected chi connectivity index (χ3v) is 2.31. The Kier molecular flexibility index (Phi) is 4.86. The van der Waals surface area contributed by atoms with Crippen LogP contribution < -0.4 is 11.0 Å². The van der Waals surface area contributed by atoms with Crippen LogP contribution in [-0.2, 0) is 14.3 Å². The monoisotopic (exact) mass is 271 g/mol. The zero-order chi connectivity index (χ0) is 14.4. The number of H-pyrrole nitrogens is 2. The van der Waals surface area contributed by atoms with Gasteiger partial charge in [-0.05, 0) is 6.42 Å². The van der Waals surface area contributed by atoms with Crippen molar-refractivity contribution in [1.29, 1.82) is 0 Å². The van der Waals surface area contributed by atoms with Gasteiger partial charge in [-0.1, -0.05) is 0 Å². The van der Waals surface area contributed by atoms with Gasteiger partial charge in [0.25, 0.3) is 5.91 Å². The molecule has 0 saturated carbocycles. The van der Waals surface area contributed by atoms with Crippen LogP contribution in [0, 0.1) is 0 Å². The van der Waals surface area contributed by atoms with E-state index in [1.54, 1.807) is 0 Å². The molecule has 19 heavy (non-hydrogen) atoms. The SMILES string of the molecule is COC(=O)CCC(NC(=O)c1c[nH]c(=O)[nH]1)C(=O)O. The van der Waals surface area contributed by atoms with Crippen LogP contribution in [0.1, 0.15) is 23.3 Å². The average Bonchev–Trinajstić information content (AvgIpc) is 2.80. The van der Waals surface area contributed by atoms with Gasteiger partial charge < -0.3 is 25.1 Å². The molecular weight excluding hydrogens is 258 g/mol. The van der Waals surface area contributed by atoms with Gasteiger partial charge in [0, 0.05) is 12.6 Å². The number of hydrogen-bond donors (Lipinski definition) is 4. The van der Waals surface area contributed by atoms with Crippen LogP contribution in [0.25, 0.3) is 0 Å². The van der Waals surface area contributed by atoms with E-state index >= 15 is 0 Å². The fourth-order valence-electron chi connectivity index (χ4n) is 1.31. The summed E-state index contributed by atoms with van der Waals surface area (Å²) >= 11 is 0. The molecule has 1 unspecified atom stereocenters. The van der Waals surface area contributed by atoms with Crippen molar-refractivity contribution in [3.8, 4) is 0 Å². The predicted octanol–water partition coefficient (Wildman–Crippen LogP) is -1.16. The lowest BCUT2D eigenvalue weighted by Gasteiger charge is -2.12. The summed E-state index contributed by atoms with van der Waals surface area (Å²) in [5.74, 6) is -2.61. The second-order valence-electron chi connectivity index (χ2n) is 3.64. The van der Waals surface area contributed by atoms with Crippen molar-refractivity contribution in [2.45, 2.75) is 18.9 Å². The van der Waals surface area contributed by atoms with Crippen molar-refractivity contribution in [2.24, 2.45) is 0 Å². The van der Waals surface area contributed by atoms with Gasteiger partial charge in [-0.15, -0.1) is 0 Å². The van der Waals surface area contributed by atoms with Gasteiger partial charge in [0.05, 0.1) is 7.11 Å². The average molecular weight is 271 g/mol. The van der Waals surface area contributed by atoms with Crippen molar-refractivity contribution in [3.63, 3.8) is 0 Å². The molecule has 1 heterocycles. The molecule has 0 aliphatic carbocycles. The molecule has 1 aromatic heterocycles. The summed E-state index contributed by atoms with van der Waals surface area (Å²) in [6.45, 7) is 0. The lowest BCUT2D eigenvalue weighted by Crippen LogP contribution is -2.41. The highest BCUT2D eigenvalue weighted by atomic mass is 16.5. The minimum Gasteiger partial charge on any atom is -0.480 e. The number of carboxylic acid groups (broad SMARTS) is 1. The van der Waals surface area contributed by atoms with E-state index < -0.39 is 29.6 Å². The summed E-state index contributed by atoms with van der Waals surface area (Å²) in [7, 11) is 1.18. The number of methoxy groups -OCH3 is 1. The minimum atomic E-state index is -1.28. The maximum absolute atomic E-state index is 11.6. The number of imidazole rings is 1. The van der Waals surface area contributed by atoms with E-state index in [1.807, 2.05) is 0 Å². The van der Waals surface area contributed by atoms with Gasteiger partial charge in [0.2, 0.25) is 0 Å². The molecule has 1 amide bonds. The molecular formula is C10H13N3O6. The molecule has 1 atom stereocenters. The van der Waals surface area contributed by atoms with Crippen molar-refractivity contribution in [3.05, 3.63) is 22.4 Å². The zero-order valence-corrected chi connectivity index (χ0v) is 10.1. The van der Waals surface area contributed by atoms with Crippen LogP contribution >= 0.6 is 0 Å². The normalized spacial score (nSPS) is 11.6. The van der Waals surface area contributed by atoms with Crippen LogP contribution in [0.5, 0.6) is 0 Å². The Morgan fingerprint density at radius 2 is 2.16 bits per heavy atom. The Bertz CT molecular complexity index is 531. The van der Waals surface area contributed by atoms with E-state index in [-0.39, 0.29) is 18.5 Å². The molecule has 9 nitrogen and oxygen atoms in total. The van der Waals surface area contributed by atoms with Gasteiger partial charge in [-0.3, -0.25) is 9.59 Å². The second kappa shape index (κ2) is 6.38. The van der Waals surface area contributed by atoms with Crippen LogP contribution in [0.15, 0.2) is 11.0 Å². The van der Waals surface area contributed by atoms with Crippen LogP contribution in [0.4, 0.5) is 0 Å². The Morgan fingerprint density at radius 3 is 2.63 bits per heavy atom. The smallest absolute Gasteiger partial charge is 0.326 e. The number of amides is 1. The van der Waals surface area contributed by atoms with Crippen LogP contribution in [0.3, 0.4) is 0 Å². The maximum Gasteiger partial charge on any atom is 0.326 e. The number of esters is 1. The lowest BCUT2D eigenvalue weighted by molar-refractivity contribution is -0.142. The summed E-state index contributed by atoms with van der Waals surface area (Å²) in [4.78, 5) is 48.7. The summed E-state index contributed by atoms with van der Waals surface area (Å²) in [5, 5.41) is 11.1. The first-order valence-corrected chi connectivity index (χ1v) is 5.32. The molecule has 1 aromatic rings. The van der Waals surface area contributed by atoms with Crippen LogP contribution in [0.2, 0.25) is 0 Å². The quantitative estimate of drug-likeness (QED) is 0.481. The summed E-state index contributed by atoms with van der Waals surface area (Å²) in [6.07, 6.45) is 0.872. The fourth-order valence-corrected chi connectivity index (χ4v) is 1.31. The third-order valence-electron chi connectivity index (χ3n) is 2.31. The standard InChI is InChI=1S/C10H13N3O6/c1-19-7(14)3-2-5(9(16)17)12-8(15)6-4-11-10(18)13-6/h4-5H,2-3H2,1H3,(H,12,15)(H,16,17)(H2,11,13,18). The van der Waals surface area contributed by atoms with E-state index in [9.17, 15) is 19.2 Å². The van der Waals surface area contributed by atoms with Crippen molar-refractivity contribution >= 4 is 17.8 Å². The van der Waals surface area contributed by atoms with E-state index in [0.29, 0.717) is 0 Å². The van der Waals surface area contributed by atoms with Gasteiger partial charge in [-0.25, -0.2) is 9.59 Å². The molecule has 0 saturated heterocycles. The number of carbonyl (C=O) groups excluding carboxylic acids is 2. The number of rotatable bonds is 6. The summed E-state index contributed by atoms with van der Waals surface area (Å²) in [6, 6.07) is -1.25. The molecule has 0 aliphatic rings. The molecule has 0 aromatic carbocycles. The van der Waals surface area contributed by atoms with E-state index in [2.05, 4.69) is 20.0 Å². The topological polar surface area (TPSA) is 141 Å². The highest BCUT2D eigenvalue weighted by Gasteiger charge is 2.22. The fraction of sp³-hybridized carbons (Fsp3) is 0.400. The first kappa shape index (κ1) is 14.5. The Morgan fingerprint density at radius 1 is 1.47 bits per heavy atom. The second-order valence-corrected chi connectivity index (χ2v) is 3.64. The highest BCUT2D eigenvalue weighted by molar-refractivity contribution is 5.94. The molecule has 0 radical (unpaired) electrons. The Balaban J connectivity index is 2.63. The molecule has 9 heteroatoms. The third kappa shape index (κ3) is 4.30. The van der Waals surface area contributed by atoms with Gasteiger partial charge in [0.15, 0.2) is 0 Å². The Labute approximate surface area is 107 Å². The van der Waals surface area contributed by atoms with Crippen molar-refractivity contribution < 1.29 is 24.2 Å². The molecule has 0 spiro atoms. The first-order valence-electron chi connectivity index (χ1n) is 5.32. The number of carbonyl (C=O) groups is 3. The van der Waals surface area contributed by atoms with Gasteiger partial charge in [0.1, 0.15) is 11.7 Å². The number of aromatic nitrogens is 2. The molecule has 4 N–H and O–H groups in total. The summed E-state index contributed by atoms with van der Waals surface area (Å²) in [5.41, 5.74) is -0.666. The van der Waals surface area contributed by atoms with E-state index in [4.69, 9.17) is 5.11 Å². The zero-order valence-electron chi connectivity index (χ0n) is 10.1. The van der Waals surface area contributed by atoms with Gasteiger partial charge in [-0.2, -0.15) is 0 Å². The molecule has 104 valence electrons. The summed E-state index contributed by atoms with van der Waals surface area (Å²) < 4.78 is 4.38. The number of aromatic amines is 2. The molecule has 0 bridgehead atoms. The van der Waals surface area contributed by atoms with E-state index in [0.717, 1.165) is 6.20 Å². The highest BCUT2D eigenvalue weighted by Crippen LogP contribution is 2.01. The molecule has 0 aliphatic heterocycles. The lowest BCUT2D eigenvalue weighted by atomic mass is 10.1. The minimum absolute atomic E-state index is 0.0886. The Hall–Kier alpha value is -2.58. The number of nitrogens with one attached hydrogen (secondary N) is 3. The number of hydrogen-bond acceptors (Lipinski definition) is 5. The number of carboxylic acids is 1. The number of aliphatic carboxylic acids is 1. The van der Waals surface area contributed by atoms with Gasteiger partial charge >= 0.3 is 17.6 Å². The predicted molar refractivity (Wildman–Crippen MR) is 61.6 cm³/mol. The van der Waals surface area contributed by atoms with Crippen molar-refractivity contribution in [1.82, 2.24) is 15.3 Å². The van der Waals surface area contributed by atoms with E-state index in [1.165, 1.54) is 7.11 Å². The molecule has 0 fully saturated rings. The first-order chi connectivity index (χ1) is 8.93.